The molecular formula is C15H25NO3S. The lowest BCUT2D eigenvalue weighted by Crippen LogP contribution is -2.42. The molecule has 1 unspecified atom stereocenters. The number of amides is 1. The summed E-state index contributed by atoms with van der Waals surface area (Å²) in [4.78, 5) is 14.5. The van der Waals surface area contributed by atoms with Gasteiger partial charge in [0.05, 0.1) is 11.5 Å². The molecule has 0 aromatic heterocycles. The summed E-state index contributed by atoms with van der Waals surface area (Å²) in [5.74, 6) is 1.39. The van der Waals surface area contributed by atoms with Crippen molar-refractivity contribution >= 4 is 15.7 Å². The van der Waals surface area contributed by atoms with Crippen LogP contribution in [0.2, 0.25) is 0 Å². The molecule has 5 heteroatoms. The van der Waals surface area contributed by atoms with E-state index in [1.54, 1.807) is 0 Å². The van der Waals surface area contributed by atoms with Crippen LogP contribution < -0.4 is 0 Å². The van der Waals surface area contributed by atoms with Gasteiger partial charge in [0.1, 0.15) is 0 Å². The lowest BCUT2D eigenvalue weighted by atomic mass is 10.0. The van der Waals surface area contributed by atoms with Crippen LogP contribution in [0.5, 0.6) is 0 Å². The fraction of sp³-hybridized carbons (Fsp3) is 0.933. The fourth-order valence-electron chi connectivity index (χ4n) is 3.81. The molecule has 2 saturated carbocycles. The van der Waals surface area contributed by atoms with Gasteiger partial charge in [-0.05, 0) is 31.6 Å². The Morgan fingerprint density at radius 2 is 1.70 bits per heavy atom. The van der Waals surface area contributed by atoms with E-state index in [0.29, 0.717) is 18.9 Å². The fourth-order valence-corrected chi connectivity index (χ4v) is 5.52. The van der Waals surface area contributed by atoms with Gasteiger partial charge in [0.25, 0.3) is 0 Å². The molecule has 0 aromatic carbocycles. The van der Waals surface area contributed by atoms with Crippen LogP contribution in [0.1, 0.15) is 57.8 Å². The van der Waals surface area contributed by atoms with Crippen LogP contribution in [0.15, 0.2) is 0 Å². The summed E-state index contributed by atoms with van der Waals surface area (Å²) in [5.41, 5.74) is 0. The monoisotopic (exact) mass is 299 g/mol. The Hall–Kier alpha value is -0.580. The highest BCUT2D eigenvalue weighted by atomic mass is 32.2. The molecule has 1 atom stereocenters. The van der Waals surface area contributed by atoms with E-state index in [9.17, 15) is 13.2 Å². The normalized spacial score (nSPS) is 29.7. The van der Waals surface area contributed by atoms with Crippen molar-refractivity contribution in [3.63, 3.8) is 0 Å². The summed E-state index contributed by atoms with van der Waals surface area (Å²) in [7, 11) is -2.90. The van der Waals surface area contributed by atoms with Crippen molar-refractivity contribution in [2.45, 2.75) is 69.9 Å². The largest absolute Gasteiger partial charge is 0.336 e. The third-order valence-electron chi connectivity index (χ3n) is 5.07. The zero-order valence-corrected chi connectivity index (χ0v) is 12.9. The first-order valence-corrected chi connectivity index (χ1v) is 9.89. The van der Waals surface area contributed by atoms with Crippen molar-refractivity contribution < 1.29 is 13.2 Å². The molecule has 4 nitrogen and oxygen atoms in total. The van der Waals surface area contributed by atoms with Crippen LogP contribution in [-0.4, -0.2) is 42.8 Å². The maximum absolute atomic E-state index is 12.5. The summed E-state index contributed by atoms with van der Waals surface area (Å²) < 4.78 is 23.3. The van der Waals surface area contributed by atoms with Gasteiger partial charge in [-0.1, -0.05) is 25.7 Å². The van der Waals surface area contributed by atoms with Crippen molar-refractivity contribution in [2.24, 2.45) is 5.92 Å². The number of hydrogen-bond acceptors (Lipinski definition) is 3. The first kappa shape index (κ1) is 14.4. The minimum Gasteiger partial charge on any atom is -0.336 e. The van der Waals surface area contributed by atoms with Crippen molar-refractivity contribution in [2.75, 3.05) is 11.5 Å². The van der Waals surface area contributed by atoms with Gasteiger partial charge in [-0.3, -0.25) is 4.79 Å². The van der Waals surface area contributed by atoms with Gasteiger partial charge in [-0.15, -0.1) is 0 Å². The molecule has 0 N–H and O–H groups in total. The molecule has 114 valence electrons. The molecule has 3 aliphatic rings. The van der Waals surface area contributed by atoms with Crippen LogP contribution in [0.4, 0.5) is 0 Å². The number of nitrogens with zero attached hydrogens (tertiary/aromatic N) is 1. The van der Waals surface area contributed by atoms with Gasteiger partial charge < -0.3 is 4.90 Å². The quantitative estimate of drug-likeness (QED) is 0.781. The van der Waals surface area contributed by atoms with E-state index in [0.717, 1.165) is 25.2 Å². The average molecular weight is 299 g/mol. The van der Waals surface area contributed by atoms with E-state index in [4.69, 9.17) is 0 Å². The highest BCUT2D eigenvalue weighted by Gasteiger charge is 2.41. The predicted molar refractivity (Wildman–Crippen MR) is 78.1 cm³/mol. The number of rotatable bonds is 5. The van der Waals surface area contributed by atoms with E-state index in [-0.39, 0.29) is 23.5 Å². The summed E-state index contributed by atoms with van der Waals surface area (Å²) in [6.07, 6.45) is 9.56. The second-order valence-corrected chi connectivity index (χ2v) is 9.01. The summed E-state index contributed by atoms with van der Waals surface area (Å²) in [6.45, 7) is 0. The molecule has 20 heavy (non-hydrogen) atoms. The zero-order valence-electron chi connectivity index (χ0n) is 12.1. The Balaban J connectivity index is 1.57. The number of carbonyl (C=O) groups is 1. The topological polar surface area (TPSA) is 54.5 Å². The van der Waals surface area contributed by atoms with E-state index in [2.05, 4.69) is 0 Å². The van der Waals surface area contributed by atoms with Crippen molar-refractivity contribution in [3.8, 4) is 0 Å². The maximum atomic E-state index is 12.5. The Kier molecular flexibility index (Phi) is 4.07. The Morgan fingerprint density at radius 1 is 1.00 bits per heavy atom. The summed E-state index contributed by atoms with van der Waals surface area (Å²) >= 11 is 0. The first-order chi connectivity index (χ1) is 9.55. The van der Waals surface area contributed by atoms with Crippen LogP contribution in [-0.2, 0) is 14.6 Å². The molecule has 1 saturated heterocycles. The van der Waals surface area contributed by atoms with Gasteiger partial charge >= 0.3 is 0 Å². The van der Waals surface area contributed by atoms with E-state index in [1.807, 2.05) is 4.90 Å². The number of carbonyl (C=O) groups excluding carboxylic acids is 1. The Labute approximate surface area is 121 Å². The third-order valence-corrected chi connectivity index (χ3v) is 6.82. The summed E-state index contributed by atoms with van der Waals surface area (Å²) in [5, 5.41) is 0. The summed E-state index contributed by atoms with van der Waals surface area (Å²) in [6, 6.07) is 0.299. The molecule has 1 heterocycles. The molecule has 0 spiro atoms. The van der Waals surface area contributed by atoms with Crippen LogP contribution in [0.25, 0.3) is 0 Å². The highest BCUT2D eigenvalue weighted by molar-refractivity contribution is 7.91. The molecule has 0 bridgehead atoms. The van der Waals surface area contributed by atoms with Gasteiger partial charge in [0.15, 0.2) is 9.84 Å². The van der Waals surface area contributed by atoms with Gasteiger partial charge in [-0.2, -0.15) is 0 Å². The van der Waals surface area contributed by atoms with E-state index >= 15 is 0 Å². The Bertz CT molecular complexity index is 464. The lowest BCUT2D eigenvalue weighted by molar-refractivity contribution is -0.134. The van der Waals surface area contributed by atoms with Crippen molar-refractivity contribution in [1.82, 2.24) is 4.90 Å². The molecule has 3 fully saturated rings. The van der Waals surface area contributed by atoms with Crippen LogP contribution in [0.3, 0.4) is 0 Å². The molecule has 1 amide bonds. The number of sulfone groups is 1. The standard InChI is InChI=1S/C15H25NO3S/c17-15(8-5-12-3-1-2-4-12)16(13-6-7-13)14-9-10-20(18,19)11-14/h12-14H,1-11H2. The third kappa shape index (κ3) is 3.35. The maximum Gasteiger partial charge on any atom is 0.223 e. The molecule has 0 radical (unpaired) electrons. The smallest absolute Gasteiger partial charge is 0.223 e. The van der Waals surface area contributed by atoms with Gasteiger partial charge in [-0.25, -0.2) is 8.42 Å². The van der Waals surface area contributed by atoms with Crippen LogP contribution in [0, 0.1) is 5.92 Å². The predicted octanol–water partition coefficient (Wildman–Crippen LogP) is 2.13. The second kappa shape index (κ2) is 5.66. The number of hydrogen-bond donors (Lipinski definition) is 0. The minimum atomic E-state index is -2.90. The lowest BCUT2D eigenvalue weighted by Gasteiger charge is -2.28. The Morgan fingerprint density at radius 3 is 2.25 bits per heavy atom. The van der Waals surface area contributed by atoms with Gasteiger partial charge in [0, 0.05) is 18.5 Å². The molecule has 1 aliphatic heterocycles. The van der Waals surface area contributed by atoms with Crippen molar-refractivity contribution in [3.05, 3.63) is 0 Å². The molecule has 2 aliphatic carbocycles. The molecule has 0 aromatic rings. The molecular weight excluding hydrogens is 274 g/mol. The van der Waals surface area contributed by atoms with E-state index < -0.39 is 9.84 Å². The first-order valence-electron chi connectivity index (χ1n) is 8.07. The highest BCUT2D eigenvalue weighted by Crippen LogP contribution is 2.34. The van der Waals surface area contributed by atoms with Crippen LogP contribution >= 0.6 is 0 Å². The SMILES string of the molecule is O=C(CCC1CCCC1)N(C1CC1)C1CCS(=O)(=O)C1. The van der Waals surface area contributed by atoms with E-state index in [1.165, 1.54) is 25.7 Å². The second-order valence-electron chi connectivity index (χ2n) is 6.78. The minimum absolute atomic E-state index is 0.0384. The van der Waals surface area contributed by atoms with Gasteiger partial charge in [0.2, 0.25) is 5.91 Å². The zero-order chi connectivity index (χ0) is 14.2. The molecule has 3 rings (SSSR count). The van der Waals surface area contributed by atoms with Crippen molar-refractivity contribution in [1.29, 1.82) is 0 Å². The average Bonchev–Trinajstić information content (AvgIpc) is 2.95.